The minimum atomic E-state index is -0.904. The Balaban J connectivity index is 1.58. The minimum absolute atomic E-state index is 0.0704. The van der Waals surface area contributed by atoms with Gasteiger partial charge >= 0.3 is 0 Å². The molecule has 5 rings (SSSR count). The van der Waals surface area contributed by atoms with Crippen molar-refractivity contribution in [2.45, 2.75) is 64.6 Å². The van der Waals surface area contributed by atoms with Crippen molar-refractivity contribution < 1.29 is 14.4 Å². The first-order valence-corrected chi connectivity index (χ1v) is 13.5. The van der Waals surface area contributed by atoms with E-state index in [1.807, 2.05) is 55.5 Å². The van der Waals surface area contributed by atoms with Gasteiger partial charge in [0, 0.05) is 17.3 Å². The number of ketones is 1. The number of aryl methyl sites for hydroxylation is 1. The largest absolute Gasteiger partial charge is 0.351 e. The number of hydrogen-bond donors (Lipinski definition) is 1. The zero-order valence-corrected chi connectivity index (χ0v) is 22.3. The molecule has 3 aromatic carbocycles. The average molecular weight is 524 g/mol. The number of carbonyl (C=O) groups is 3. The molecular formula is C31H33N5O3. The molecule has 1 heterocycles. The van der Waals surface area contributed by atoms with Crippen LogP contribution >= 0.6 is 0 Å². The number of aromatic nitrogens is 3. The summed E-state index contributed by atoms with van der Waals surface area (Å²) in [6.45, 7) is 3.35. The van der Waals surface area contributed by atoms with Gasteiger partial charge in [0.2, 0.25) is 11.8 Å². The first kappa shape index (κ1) is 26.3. The molecule has 0 unspecified atom stereocenters. The maximum Gasteiger partial charge on any atom is 0.249 e. The Hall–Kier alpha value is -4.33. The van der Waals surface area contributed by atoms with Crippen LogP contribution in [-0.2, 0) is 16.1 Å². The smallest absolute Gasteiger partial charge is 0.249 e. The van der Waals surface area contributed by atoms with E-state index in [9.17, 15) is 14.4 Å². The van der Waals surface area contributed by atoms with E-state index < -0.39 is 6.04 Å². The zero-order valence-electron chi connectivity index (χ0n) is 22.3. The van der Waals surface area contributed by atoms with Crippen LogP contribution in [0.2, 0.25) is 0 Å². The molecule has 1 aliphatic carbocycles. The van der Waals surface area contributed by atoms with Gasteiger partial charge < -0.3 is 5.32 Å². The first-order chi connectivity index (χ1) is 18.9. The Morgan fingerprint density at radius 1 is 0.949 bits per heavy atom. The number of nitrogens with one attached hydrogen (secondary N) is 1. The molecule has 1 fully saturated rings. The van der Waals surface area contributed by atoms with Crippen LogP contribution in [0.1, 0.15) is 66.6 Å². The molecule has 1 aromatic heterocycles. The molecule has 200 valence electrons. The van der Waals surface area contributed by atoms with Gasteiger partial charge in [0.1, 0.15) is 18.1 Å². The van der Waals surface area contributed by atoms with Crippen LogP contribution in [0.5, 0.6) is 0 Å². The molecule has 1 aliphatic rings. The summed E-state index contributed by atoms with van der Waals surface area (Å²) in [6.07, 6.45) is 5.19. The van der Waals surface area contributed by atoms with Gasteiger partial charge in [-0.05, 0) is 74.2 Å². The number of benzene rings is 3. The van der Waals surface area contributed by atoms with Gasteiger partial charge in [-0.3, -0.25) is 19.3 Å². The van der Waals surface area contributed by atoms with Crippen LogP contribution in [0.25, 0.3) is 11.0 Å². The number of amides is 2. The summed E-state index contributed by atoms with van der Waals surface area (Å²) in [6, 6.07) is 21.1. The van der Waals surface area contributed by atoms with Crippen molar-refractivity contribution in [2.75, 3.05) is 4.90 Å². The zero-order chi connectivity index (χ0) is 27.4. The van der Waals surface area contributed by atoms with Crippen molar-refractivity contribution in [1.82, 2.24) is 20.3 Å². The number of Topliss-reactive ketones (excluding diaryl/α,β-unsaturated/α-hetero) is 1. The summed E-state index contributed by atoms with van der Waals surface area (Å²) >= 11 is 0. The first-order valence-electron chi connectivity index (χ1n) is 13.5. The number of nitrogens with zero attached hydrogens (tertiary/aromatic N) is 4. The van der Waals surface area contributed by atoms with Crippen LogP contribution < -0.4 is 10.2 Å². The van der Waals surface area contributed by atoms with Crippen molar-refractivity contribution in [2.24, 2.45) is 0 Å². The fraction of sp³-hybridized carbons (Fsp3) is 0.323. The standard InChI is InChI=1S/C31H33N5O3/c1-21-10-6-7-13-26(21)30(31(39)32-24-11-4-3-5-12-24)36(25-18-16-23(17-19-25)22(2)37)29(38)20-35-28-15-9-8-14-27(28)33-34-35/h6-10,13-19,24,30H,3-5,11-12,20H2,1-2H3,(H,32,39)/t30-/m1/s1. The van der Waals surface area contributed by atoms with Crippen molar-refractivity contribution in [3.63, 3.8) is 0 Å². The summed E-state index contributed by atoms with van der Waals surface area (Å²) in [4.78, 5) is 41.8. The van der Waals surface area contributed by atoms with E-state index in [1.165, 1.54) is 13.3 Å². The SMILES string of the molecule is CC(=O)c1ccc(N(C(=O)Cn2nnc3ccccc32)[C@@H](C(=O)NC2CCCCC2)c2ccccc2C)cc1. The van der Waals surface area contributed by atoms with Gasteiger partial charge in [-0.1, -0.05) is 60.9 Å². The van der Waals surface area contributed by atoms with Gasteiger partial charge in [-0.15, -0.1) is 5.10 Å². The van der Waals surface area contributed by atoms with Crippen LogP contribution in [-0.4, -0.2) is 38.6 Å². The topological polar surface area (TPSA) is 97.2 Å². The van der Waals surface area contributed by atoms with E-state index in [0.29, 0.717) is 16.8 Å². The van der Waals surface area contributed by atoms with E-state index in [0.717, 1.165) is 42.3 Å². The third-order valence-corrected chi connectivity index (χ3v) is 7.47. The third-order valence-electron chi connectivity index (χ3n) is 7.47. The lowest BCUT2D eigenvalue weighted by molar-refractivity contribution is -0.127. The average Bonchev–Trinajstić information content (AvgIpc) is 3.35. The van der Waals surface area contributed by atoms with Crippen LogP contribution in [0.3, 0.4) is 0 Å². The predicted octanol–water partition coefficient (Wildman–Crippen LogP) is 5.17. The summed E-state index contributed by atoms with van der Waals surface area (Å²) in [5, 5.41) is 11.6. The molecule has 0 radical (unpaired) electrons. The van der Waals surface area contributed by atoms with E-state index in [-0.39, 0.29) is 30.2 Å². The fourth-order valence-corrected chi connectivity index (χ4v) is 5.35. The molecule has 1 atom stereocenters. The quantitative estimate of drug-likeness (QED) is 0.322. The predicted molar refractivity (Wildman–Crippen MR) is 150 cm³/mol. The highest BCUT2D eigenvalue weighted by molar-refractivity contribution is 6.02. The molecule has 0 saturated heterocycles. The second kappa shape index (κ2) is 11.6. The highest BCUT2D eigenvalue weighted by Crippen LogP contribution is 2.31. The lowest BCUT2D eigenvalue weighted by Gasteiger charge is -2.34. The van der Waals surface area contributed by atoms with Crippen molar-refractivity contribution in [3.05, 3.63) is 89.5 Å². The van der Waals surface area contributed by atoms with Gasteiger partial charge in [-0.2, -0.15) is 0 Å². The van der Waals surface area contributed by atoms with Gasteiger partial charge in [-0.25, -0.2) is 4.68 Å². The van der Waals surface area contributed by atoms with Crippen molar-refractivity contribution >= 4 is 34.3 Å². The van der Waals surface area contributed by atoms with E-state index in [1.54, 1.807) is 33.8 Å². The Labute approximate surface area is 228 Å². The highest BCUT2D eigenvalue weighted by atomic mass is 16.2. The summed E-state index contributed by atoms with van der Waals surface area (Å²) in [5.74, 6) is -0.601. The van der Waals surface area contributed by atoms with Gasteiger partial charge in [0.05, 0.1) is 5.52 Å². The number of anilines is 1. The molecule has 8 heteroatoms. The molecule has 39 heavy (non-hydrogen) atoms. The molecule has 0 bridgehead atoms. The Morgan fingerprint density at radius 2 is 1.64 bits per heavy atom. The molecule has 0 spiro atoms. The summed E-state index contributed by atoms with van der Waals surface area (Å²) in [5.41, 5.74) is 4.14. The lowest BCUT2D eigenvalue weighted by Crippen LogP contribution is -2.48. The molecule has 1 saturated carbocycles. The molecular weight excluding hydrogens is 490 g/mol. The third kappa shape index (κ3) is 5.74. The highest BCUT2D eigenvalue weighted by Gasteiger charge is 2.35. The van der Waals surface area contributed by atoms with E-state index >= 15 is 0 Å². The Morgan fingerprint density at radius 3 is 2.36 bits per heavy atom. The molecule has 2 amide bonds. The maximum atomic E-state index is 14.2. The lowest BCUT2D eigenvalue weighted by atomic mass is 9.93. The normalized spacial score (nSPS) is 14.6. The van der Waals surface area contributed by atoms with Gasteiger partial charge in [0.15, 0.2) is 5.78 Å². The van der Waals surface area contributed by atoms with Crippen LogP contribution in [0, 0.1) is 6.92 Å². The van der Waals surface area contributed by atoms with E-state index in [2.05, 4.69) is 15.6 Å². The number of rotatable bonds is 8. The summed E-state index contributed by atoms with van der Waals surface area (Å²) < 4.78 is 1.56. The second-order valence-corrected chi connectivity index (χ2v) is 10.2. The summed E-state index contributed by atoms with van der Waals surface area (Å²) in [7, 11) is 0. The number of hydrogen-bond acceptors (Lipinski definition) is 5. The molecule has 8 nitrogen and oxygen atoms in total. The van der Waals surface area contributed by atoms with Gasteiger partial charge in [0.25, 0.3) is 0 Å². The van der Waals surface area contributed by atoms with Crippen molar-refractivity contribution in [3.8, 4) is 0 Å². The van der Waals surface area contributed by atoms with Crippen LogP contribution in [0.15, 0.2) is 72.8 Å². The number of carbonyl (C=O) groups excluding carboxylic acids is 3. The monoisotopic (exact) mass is 523 g/mol. The second-order valence-electron chi connectivity index (χ2n) is 10.2. The fourth-order valence-electron chi connectivity index (χ4n) is 5.35. The maximum absolute atomic E-state index is 14.2. The molecule has 0 aliphatic heterocycles. The Kier molecular flexibility index (Phi) is 7.81. The minimum Gasteiger partial charge on any atom is -0.351 e. The number of fused-ring (bicyclic) bond motifs is 1. The molecule has 1 N–H and O–H groups in total. The Bertz CT molecular complexity index is 1490. The molecule has 4 aromatic rings. The number of para-hydroxylation sites is 1. The van der Waals surface area contributed by atoms with Crippen LogP contribution in [0.4, 0.5) is 5.69 Å². The van der Waals surface area contributed by atoms with Crippen molar-refractivity contribution in [1.29, 1.82) is 0 Å². The van der Waals surface area contributed by atoms with E-state index in [4.69, 9.17) is 0 Å².